The number of nitrogens with two attached hydrogens (primary N) is 1. The van der Waals surface area contributed by atoms with Gasteiger partial charge in [-0.15, -0.1) is 0 Å². The Morgan fingerprint density at radius 1 is 1.50 bits per heavy atom. The van der Waals surface area contributed by atoms with Crippen LogP contribution in [0.15, 0.2) is 18.2 Å². The molecule has 2 aliphatic rings. The Balaban J connectivity index is 1.90. The topological polar surface area (TPSA) is 68.0 Å². The first-order chi connectivity index (χ1) is 9.60. The van der Waals surface area contributed by atoms with Crippen LogP contribution in [0.5, 0.6) is 5.75 Å². The van der Waals surface area contributed by atoms with Crippen LogP contribution in [0.3, 0.4) is 0 Å². The van der Waals surface area contributed by atoms with Crippen molar-refractivity contribution in [2.45, 2.75) is 6.10 Å². The van der Waals surface area contributed by atoms with Crippen LogP contribution >= 0.6 is 12.2 Å². The Bertz CT molecular complexity index is 578. The largest absolute Gasteiger partial charge is 0.484 e. The van der Waals surface area contributed by atoms with Crippen molar-refractivity contribution in [3.63, 3.8) is 0 Å². The van der Waals surface area contributed by atoms with Crippen molar-refractivity contribution < 1.29 is 14.3 Å². The van der Waals surface area contributed by atoms with E-state index in [4.69, 9.17) is 27.4 Å². The molecule has 106 valence electrons. The number of hydrogen-bond acceptors (Lipinski definition) is 5. The highest BCUT2D eigenvalue weighted by atomic mass is 32.1. The molecule has 0 aliphatic carbocycles. The van der Waals surface area contributed by atoms with E-state index in [9.17, 15) is 4.79 Å². The van der Waals surface area contributed by atoms with Crippen LogP contribution in [0.4, 0.5) is 16.2 Å². The highest BCUT2D eigenvalue weighted by Crippen LogP contribution is 2.36. The van der Waals surface area contributed by atoms with Crippen LogP contribution in [-0.2, 0) is 4.74 Å². The molecule has 0 aromatic heterocycles. The van der Waals surface area contributed by atoms with Crippen LogP contribution in [0.1, 0.15) is 0 Å². The highest BCUT2D eigenvalue weighted by molar-refractivity contribution is 7.80. The maximum atomic E-state index is 11.8. The van der Waals surface area contributed by atoms with E-state index in [1.165, 1.54) is 0 Å². The molecule has 0 spiro atoms. The van der Waals surface area contributed by atoms with Gasteiger partial charge in [-0.1, -0.05) is 12.2 Å². The zero-order valence-electron chi connectivity index (χ0n) is 11.0. The summed E-state index contributed by atoms with van der Waals surface area (Å²) >= 11 is 5.20. The van der Waals surface area contributed by atoms with E-state index >= 15 is 0 Å². The Labute approximate surface area is 122 Å². The molecule has 0 radical (unpaired) electrons. The lowest BCUT2D eigenvalue weighted by Gasteiger charge is -2.29. The first-order valence-corrected chi connectivity index (χ1v) is 6.72. The third-order valence-electron chi connectivity index (χ3n) is 3.48. The number of amides is 1. The van der Waals surface area contributed by atoms with Gasteiger partial charge in [0.15, 0.2) is 0 Å². The second-order valence-corrected chi connectivity index (χ2v) is 5.22. The van der Waals surface area contributed by atoms with Gasteiger partial charge in [-0.05, 0) is 12.1 Å². The van der Waals surface area contributed by atoms with Gasteiger partial charge in [0.25, 0.3) is 0 Å². The third kappa shape index (κ3) is 2.08. The lowest BCUT2D eigenvalue weighted by molar-refractivity contribution is 0.145. The quantitative estimate of drug-likeness (QED) is 0.824. The molecule has 20 heavy (non-hydrogen) atoms. The fourth-order valence-electron chi connectivity index (χ4n) is 2.29. The molecule has 1 fully saturated rings. The Kier molecular flexibility index (Phi) is 3.23. The van der Waals surface area contributed by atoms with Gasteiger partial charge in [-0.3, -0.25) is 4.90 Å². The zero-order valence-corrected chi connectivity index (χ0v) is 11.9. The molecular weight excluding hydrogens is 278 g/mol. The third-order valence-corrected chi connectivity index (χ3v) is 3.87. The zero-order chi connectivity index (χ0) is 14.3. The Morgan fingerprint density at radius 2 is 2.30 bits per heavy atom. The fraction of sp³-hybridized carbons (Fsp3) is 0.385. The molecule has 1 aromatic carbocycles. The predicted molar refractivity (Wildman–Crippen MR) is 79.6 cm³/mol. The molecule has 0 unspecified atom stereocenters. The molecule has 0 saturated carbocycles. The van der Waals surface area contributed by atoms with E-state index in [-0.39, 0.29) is 12.2 Å². The van der Waals surface area contributed by atoms with Gasteiger partial charge in [0.05, 0.1) is 17.9 Å². The molecule has 0 bridgehead atoms. The SMILES string of the molecule is CN1C(=S)COc2cc(N3C[C@@H](CN)OC3=O)ccc21. The summed E-state index contributed by atoms with van der Waals surface area (Å²) in [7, 11) is 1.90. The first-order valence-electron chi connectivity index (χ1n) is 6.32. The van der Waals surface area contributed by atoms with Crippen molar-refractivity contribution in [1.29, 1.82) is 0 Å². The maximum absolute atomic E-state index is 11.8. The number of rotatable bonds is 2. The average Bonchev–Trinajstić information content (AvgIpc) is 2.84. The number of likely N-dealkylation sites (N-methyl/N-ethyl adjacent to an activating group) is 1. The summed E-state index contributed by atoms with van der Waals surface area (Å²) in [5.41, 5.74) is 7.17. The minimum atomic E-state index is -0.375. The van der Waals surface area contributed by atoms with Crippen LogP contribution in [0.2, 0.25) is 0 Å². The van der Waals surface area contributed by atoms with Crippen LogP contribution < -0.4 is 20.3 Å². The highest BCUT2D eigenvalue weighted by Gasteiger charge is 2.32. The van der Waals surface area contributed by atoms with Crippen LogP contribution in [0, 0.1) is 0 Å². The number of carbonyl (C=O) groups is 1. The number of anilines is 2. The van der Waals surface area contributed by atoms with Crippen molar-refractivity contribution in [3.8, 4) is 5.75 Å². The van der Waals surface area contributed by atoms with Crippen molar-refractivity contribution in [1.82, 2.24) is 0 Å². The molecule has 3 rings (SSSR count). The number of benzene rings is 1. The number of fused-ring (bicyclic) bond motifs is 1. The molecule has 7 heteroatoms. The number of nitrogens with zero attached hydrogens (tertiary/aromatic N) is 2. The van der Waals surface area contributed by atoms with Crippen molar-refractivity contribution in [2.75, 3.05) is 36.5 Å². The summed E-state index contributed by atoms with van der Waals surface area (Å²) in [6.45, 7) is 1.15. The molecule has 1 atom stereocenters. The smallest absolute Gasteiger partial charge is 0.414 e. The molecule has 1 amide bonds. The lowest BCUT2D eigenvalue weighted by Crippen LogP contribution is -2.34. The standard InChI is InChI=1S/C13H15N3O3S/c1-15-10-3-2-8(4-11(10)18-7-12(15)20)16-6-9(5-14)19-13(16)17/h2-4,9H,5-7,14H2,1H3/t9-/m1/s1. The van der Waals surface area contributed by atoms with E-state index in [1.54, 1.807) is 4.90 Å². The van der Waals surface area contributed by atoms with Crippen LogP contribution in [-0.4, -0.2) is 43.9 Å². The minimum absolute atomic E-state index is 0.255. The molecule has 2 N–H and O–H groups in total. The van der Waals surface area contributed by atoms with E-state index in [2.05, 4.69) is 0 Å². The summed E-state index contributed by atoms with van der Waals surface area (Å²) in [5.74, 6) is 0.711. The first kappa shape index (κ1) is 13.1. The molecule has 1 aromatic rings. The summed E-state index contributed by atoms with van der Waals surface area (Å²) in [4.78, 5) is 16.0. The number of cyclic esters (lactones) is 1. The molecule has 2 aliphatic heterocycles. The van der Waals surface area contributed by atoms with Gasteiger partial charge < -0.3 is 20.1 Å². The molecule has 6 nitrogen and oxygen atoms in total. The predicted octanol–water partition coefficient (Wildman–Crippen LogP) is 1.13. The van der Waals surface area contributed by atoms with Crippen LogP contribution in [0.25, 0.3) is 0 Å². The normalized spacial score (nSPS) is 21.6. The second-order valence-electron chi connectivity index (χ2n) is 4.75. The van der Waals surface area contributed by atoms with Gasteiger partial charge in [0.1, 0.15) is 23.4 Å². The number of ether oxygens (including phenoxy) is 2. The summed E-state index contributed by atoms with van der Waals surface area (Å²) < 4.78 is 10.8. The van der Waals surface area contributed by atoms with Gasteiger partial charge in [-0.25, -0.2) is 4.79 Å². The molecule has 2 heterocycles. The average molecular weight is 293 g/mol. The van der Waals surface area contributed by atoms with E-state index < -0.39 is 0 Å². The number of hydrogen-bond donors (Lipinski definition) is 1. The van der Waals surface area contributed by atoms with E-state index in [0.29, 0.717) is 25.4 Å². The summed E-state index contributed by atoms with van der Waals surface area (Å²) in [6.07, 6.45) is -0.630. The second kappa shape index (κ2) is 4.92. The lowest BCUT2D eigenvalue weighted by atomic mass is 10.2. The van der Waals surface area contributed by atoms with Crippen molar-refractivity contribution in [3.05, 3.63) is 18.2 Å². The van der Waals surface area contributed by atoms with E-state index in [0.717, 1.165) is 16.4 Å². The van der Waals surface area contributed by atoms with Crippen molar-refractivity contribution >= 4 is 34.7 Å². The Morgan fingerprint density at radius 3 is 3.00 bits per heavy atom. The van der Waals surface area contributed by atoms with E-state index in [1.807, 2.05) is 30.1 Å². The molecule has 1 saturated heterocycles. The Hall–Kier alpha value is -1.86. The summed E-state index contributed by atoms with van der Waals surface area (Å²) in [6, 6.07) is 5.57. The van der Waals surface area contributed by atoms with Gasteiger partial charge in [0, 0.05) is 19.7 Å². The fourth-order valence-corrected chi connectivity index (χ4v) is 2.45. The summed E-state index contributed by atoms with van der Waals surface area (Å²) in [5, 5.41) is 0. The molecular formula is C13H15N3O3S. The van der Waals surface area contributed by atoms with Gasteiger partial charge in [-0.2, -0.15) is 0 Å². The van der Waals surface area contributed by atoms with Gasteiger partial charge >= 0.3 is 6.09 Å². The minimum Gasteiger partial charge on any atom is -0.484 e. The maximum Gasteiger partial charge on any atom is 0.414 e. The van der Waals surface area contributed by atoms with Crippen molar-refractivity contribution in [2.24, 2.45) is 5.73 Å². The number of thiocarbonyl (C=S) groups is 1. The van der Waals surface area contributed by atoms with Gasteiger partial charge in [0.2, 0.25) is 0 Å². The number of carbonyl (C=O) groups excluding carboxylic acids is 1. The monoisotopic (exact) mass is 293 g/mol.